The van der Waals surface area contributed by atoms with E-state index in [0.717, 1.165) is 35.6 Å². The van der Waals surface area contributed by atoms with E-state index < -0.39 is 11.9 Å². The van der Waals surface area contributed by atoms with Crippen molar-refractivity contribution in [2.24, 2.45) is 0 Å². The molecule has 0 spiro atoms. The number of nitrogens with one attached hydrogen (secondary N) is 1. The quantitative estimate of drug-likeness (QED) is 0.301. The summed E-state index contributed by atoms with van der Waals surface area (Å²) in [5.74, 6) is 1.27. The van der Waals surface area contributed by atoms with Crippen LogP contribution in [-0.2, 0) is 12.7 Å². The fraction of sp³-hybridized carbons (Fsp3) is 0.333. The molecule has 0 atom stereocenters. The molecule has 7 rings (SSSR count). The molecule has 5 heterocycles. The maximum atomic E-state index is 13.4. The summed E-state index contributed by atoms with van der Waals surface area (Å²) in [4.78, 5) is 18.1. The van der Waals surface area contributed by atoms with E-state index >= 15 is 0 Å². The smallest absolute Gasteiger partial charge is 0.435 e. The molecule has 2 aliphatic rings. The molecule has 0 radical (unpaired) electrons. The van der Waals surface area contributed by atoms with Gasteiger partial charge in [0, 0.05) is 31.3 Å². The number of fused-ring (bicyclic) bond motifs is 1. The number of methoxy groups -OCH3 is 1. The molecule has 11 nitrogen and oxygen atoms in total. The number of aromatic nitrogens is 8. The Morgan fingerprint density at radius 1 is 1.05 bits per heavy atom. The minimum absolute atomic E-state index is 0.0461. The predicted octanol–water partition coefficient (Wildman–Crippen LogP) is 3.77. The number of benzene rings is 1. The van der Waals surface area contributed by atoms with Crippen LogP contribution >= 0.6 is 0 Å². The van der Waals surface area contributed by atoms with Gasteiger partial charge in [0.25, 0.3) is 0 Å². The Morgan fingerprint density at radius 2 is 1.85 bits per heavy atom. The van der Waals surface area contributed by atoms with E-state index in [1.807, 2.05) is 12.1 Å². The van der Waals surface area contributed by atoms with E-state index in [-0.39, 0.29) is 12.0 Å². The Labute approximate surface area is 231 Å². The number of hydrogen-bond acceptors (Lipinski definition) is 9. The monoisotopic (exact) mass is 563 g/mol. The lowest BCUT2D eigenvalue weighted by Gasteiger charge is -2.27. The number of ether oxygens (including phenoxy) is 2. The van der Waals surface area contributed by atoms with Crippen LogP contribution in [-0.4, -0.2) is 65.8 Å². The highest BCUT2D eigenvalue weighted by Gasteiger charge is 2.36. The van der Waals surface area contributed by atoms with Crippen LogP contribution in [0.1, 0.15) is 35.7 Å². The summed E-state index contributed by atoms with van der Waals surface area (Å²) in [5.41, 5.74) is 2.50. The second-order valence-corrected chi connectivity index (χ2v) is 10.0. The zero-order valence-electron chi connectivity index (χ0n) is 21.8. The lowest BCUT2D eigenvalue weighted by atomic mass is 10.1. The highest BCUT2D eigenvalue weighted by Crippen LogP contribution is 2.45. The maximum absolute atomic E-state index is 13.4. The van der Waals surface area contributed by atoms with E-state index in [1.54, 1.807) is 36.3 Å². The molecular weight excluding hydrogens is 539 g/mol. The Morgan fingerprint density at radius 3 is 2.54 bits per heavy atom. The zero-order chi connectivity index (χ0) is 28.1. The van der Waals surface area contributed by atoms with Crippen LogP contribution in [0.4, 0.5) is 13.2 Å². The van der Waals surface area contributed by atoms with Gasteiger partial charge in [0.05, 0.1) is 36.6 Å². The molecule has 41 heavy (non-hydrogen) atoms. The van der Waals surface area contributed by atoms with Crippen molar-refractivity contribution in [3.8, 4) is 28.8 Å². The van der Waals surface area contributed by atoms with Crippen LogP contribution in [0.15, 0.2) is 49.1 Å². The minimum atomic E-state index is -4.58. The molecule has 0 bridgehead atoms. The van der Waals surface area contributed by atoms with Gasteiger partial charge in [-0.1, -0.05) is 12.1 Å². The fourth-order valence-electron chi connectivity index (χ4n) is 4.72. The van der Waals surface area contributed by atoms with Crippen molar-refractivity contribution in [1.82, 2.24) is 44.8 Å². The lowest BCUT2D eigenvalue weighted by Crippen LogP contribution is -2.50. The molecule has 14 heteroatoms. The molecule has 210 valence electrons. The summed E-state index contributed by atoms with van der Waals surface area (Å²) in [7, 11) is 1.56. The SMILES string of the molecule is COc1ncnc(C2CC2)c1-c1ncc2cnn(Cc3ccc(-n4nc(C(F)(F)F)cc4OC4CNC4)cc3)c2n1. The highest BCUT2D eigenvalue weighted by molar-refractivity contribution is 5.77. The summed E-state index contributed by atoms with van der Waals surface area (Å²) in [6.45, 7) is 1.52. The summed E-state index contributed by atoms with van der Waals surface area (Å²) in [6, 6.07) is 7.96. The molecule has 0 amide bonds. The van der Waals surface area contributed by atoms with Gasteiger partial charge in [-0.25, -0.2) is 29.3 Å². The topological polar surface area (TPSA) is 118 Å². The molecule has 0 unspecified atom stereocenters. The number of rotatable bonds is 8. The second kappa shape index (κ2) is 9.80. The minimum Gasteiger partial charge on any atom is -0.480 e. The van der Waals surface area contributed by atoms with Gasteiger partial charge in [-0.3, -0.25) is 0 Å². The van der Waals surface area contributed by atoms with Crippen LogP contribution < -0.4 is 14.8 Å². The van der Waals surface area contributed by atoms with Crippen LogP contribution in [0.3, 0.4) is 0 Å². The first kappa shape index (κ1) is 25.4. The molecule has 1 saturated carbocycles. The van der Waals surface area contributed by atoms with Gasteiger partial charge in [0.1, 0.15) is 18.0 Å². The van der Waals surface area contributed by atoms with E-state index in [9.17, 15) is 13.2 Å². The van der Waals surface area contributed by atoms with Crippen LogP contribution in [0.2, 0.25) is 0 Å². The first-order valence-electron chi connectivity index (χ1n) is 13.1. The third-order valence-electron chi connectivity index (χ3n) is 7.11. The Bertz CT molecular complexity index is 1720. The zero-order valence-corrected chi connectivity index (χ0v) is 21.8. The van der Waals surface area contributed by atoms with Gasteiger partial charge in [-0.15, -0.1) is 0 Å². The average Bonchev–Trinajstić information content (AvgIpc) is 3.59. The third-order valence-corrected chi connectivity index (χ3v) is 7.11. The van der Waals surface area contributed by atoms with E-state index in [4.69, 9.17) is 14.5 Å². The summed E-state index contributed by atoms with van der Waals surface area (Å²) >= 11 is 0. The molecule has 1 saturated heterocycles. The van der Waals surface area contributed by atoms with Gasteiger partial charge >= 0.3 is 6.18 Å². The van der Waals surface area contributed by atoms with Crippen LogP contribution in [0, 0.1) is 0 Å². The average molecular weight is 564 g/mol. The van der Waals surface area contributed by atoms with Crippen molar-refractivity contribution in [3.05, 3.63) is 66.0 Å². The van der Waals surface area contributed by atoms with Crippen LogP contribution in [0.25, 0.3) is 28.1 Å². The Hall–Kier alpha value is -4.59. The van der Waals surface area contributed by atoms with E-state index in [0.29, 0.717) is 54.2 Å². The molecule has 1 aromatic carbocycles. The van der Waals surface area contributed by atoms with Gasteiger partial charge in [-0.2, -0.15) is 23.4 Å². The number of halogens is 3. The number of nitrogens with zero attached hydrogens (tertiary/aromatic N) is 8. The summed E-state index contributed by atoms with van der Waals surface area (Å²) in [5, 5.41) is 12.1. The molecule has 5 aromatic rings. The molecule has 1 N–H and O–H groups in total. The largest absolute Gasteiger partial charge is 0.480 e. The predicted molar refractivity (Wildman–Crippen MR) is 140 cm³/mol. The van der Waals surface area contributed by atoms with Crippen molar-refractivity contribution in [1.29, 1.82) is 0 Å². The van der Waals surface area contributed by atoms with Crippen molar-refractivity contribution < 1.29 is 22.6 Å². The number of alkyl halides is 3. The molecule has 4 aromatic heterocycles. The van der Waals surface area contributed by atoms with Crippen LogP contribution in [0.5, 0.6) is 11.8 Å². The first-order valence-corrected chi connectivity index (χ1v) is 13.1. The highest BCUT2D eigenvalue weighted by atomic mass is 19.4. The third kappa shape index (κ3) is 4.84. The summed E-state index contributed by atoms with van der Waals surface area (Å²) in [6.07, 6.45) is 2.20. The van der Waals surface area contributed by atoms with E-state index in [2.05, 4.69) is 30.5 Å². The maximum Gasteiger partial charge on any atom is 0.435 e. The molecular formula is C27H24F3N9O2. The van der Waals surface area contributed by atoms with Crippen molar-refractivity contribution >= 4 is 11.0 Å². The van der Waals surface area contributed by atoms with E-state index in [1.165, 1.54) is 11.0 Å². The molecule has 1 aliphatic carbocycles. The summed E-state index contributed by atoms with van der Waals surface area (Å²) < 4.78 is 54.4. The van der Waals surface area contributed by atoms with Gasteiger partial charge in [-0.05, 0) is 30.5 Å². The van der Waals surface area contributed by atoms with Crippen molar-refractivity contribution in [3.63, 3.8) is 0 Å². The lowest BCUT2D eigenvalue weighted by molar-refractivity contribution is -0.141. The van der Waals surface area contributed by atoms with Gasteiger partial charge in [0.15, 0.2) is 17.2 Å². The van der Waals surface area contributed by atoms with Crippen molar-refractivity contribution in [2.45, 2.75) is 37.6 Å². The van der Waals surface area contributed by atoms with Gasteiger partial charge in [0.2, 0.25) is 11.8 Å². The molecule has 1 aliphatic heterocycles. The standard InChI is InChI=1S/C27H24F3N9O2/c1-40-26-22(23(16-4-5-16)33-14-34-26)24-32-9-17-10-35-38(25(17)36-24)13-15-2-6-18(7-3-15)39-21(41-19-11-31-12-19)8-20(37-39)27(28,29)30/h2-3,6-10,14,16,19,31H,4-5,11-13H2,1H3. The normalized spacial score (nSPS) is 15.7. The number of hydrogen-bond donors (Lipinski definition) is 1. The Balaban J connectivity index is 1.18. The molecule has 2 fully saturated rings. The Kier molecular flexibility index (Phi) is 6.07. The second-order valence-electron chi connectivity index (χ2n) is 10.0. The first-order chi connectivity index (χ1) is 19.9. The van der Waals surface area contributed by atoms with Gasteiger partial charge < -0.3 is 14.8 Å². The fourth-order valence-corrected chi connectivity index (χ4v) is 4.72. The van der Waals surface area contributed by atoms with Crippen molar-refractivity contribution in [2.75, 3.05) is 20.2 Å².